The lowest BCUT2D eigenvalue weighted by molar-refractivity contribution is 1.27. The minimum atomic E-state index is 1.15. The molecule has 1 aromatic carbocycles. The van der Waals surface area contributed by atoms with Crippen LogP contribution in [0.1, 0.15) is 25.0 Å². The average molecular weight is 203 g/mol. The van der Waals surface area contributed by atoms with E-state index in [1.54, 1.807) is 0 Å². The Balaban J connectivity index is 0.000000561. The van der Waals surface area contributed by atoms with Crippen LogP contribution >= 0.6 is 21.7 Å². The lowest BCUT2D eigenvalue weighted by Crippen LogP contribution is -1.77. The van der Waals surface area contributed by atoms with E-state index in [1.807, 2.05) is 13.8 Å². The van der Waals surface area contributed by atoms with Crippen molar-refractivity contribution >= 4 is 21.7 Å². The molecule has 0 aliphatic rings. The van der Waals surface area contributed by atoms with Crippen molar-refractivity contribution in [1.82, 2.24) is 0 Å². The van der Waals surface area contributed by atoms with Gasteiger partial charge in [-0.3, -0.25) is 0 Å². The molecule has 68 valence electrons. The van der Waals surface area contributed by atoms with Gasteiger partial charge in [0.15, 0.2) is 0 Å². The summed E-state index contributed by atoms with van der Waals surface area (Å²) in [6, 6.07) is 6.26. The third kappa shape index (κ3) is 3.51. The van der Waals surface area contributed by atoms with Crippen LogP contribution in [0.2, 0.25) is 0 Å². The first kappa shape index (κ1) is 11.9. The summed E-state index contributed by atoms with van der Waals surface area (Å²) in [7, 11) is 6.90. The minimum Gasteiger partial charge on any atom is -0.0683 e. The highest BCUT2D eigenvalue weighted by atomic mass is 35.7. The van der Waals surface area contributed by atoms with Gasteiger partial charge in [-0.1, -0.05) is 26.0 Å². The zero-order valence-electron chi connectivity index (χ0n) is 8.02. The van der Waals surface area contributed by atoms with Crippen molar-refractivity contribution < 1.29 is 0 Å². The third-order valence-electron chi connectivity index (χ3n) is 1.43. The first-order chi connectivity index (χ1) is 5.74. The SMILES string of the molecule is CC.Cc1ccc(C)c(SCl)c1. The Morgan fingerprint density at radius 1 is 1.17 bits per heavy atom. The fraction of sp³-hybridized carbons (Fsp3) is 0.400. The second-order valence-electron chi connectivity index (χ2n) is 2.35. The fourth-order valence-corrected chi connectivity index (χ4v) is 1.71. The summed E-state index contributed by atoms with van der Waals surface area (Å²) in [4.78, 5) is 1.15. The van der Waals surface area contributed by atoms with E-state index in [-0.39, 0.29) is 0 Å². The summed E-state index contributed by atoms with van der Waals surface area (Å²) in [5.41, 5.74) is 2.50. The van der Waals surface area contributed by atoms with Gasteiger partial charge in [0.1, 0.15) is 0 Å². The van der Waals surface area contributed by atoms with Gasteiger partial charge in [-0.25, -0.2) is 0 Å². The molecule has 0 fully saturated rings. The van der Waals surface area contributed by atoms with Crippen molar-refractivity contribution in [2.24, 2.45) is 0 Å². The topological polar surface area (TPSA) is 0 Å². The molecule has 0 aromatic heterocycles. The molecule has 12 heavy (non-hydrogen) atoms. The summed E-state index contributed by atoms with van der Waals surface area (Å²) in [5.74, 6) is 0. The zero-order valence-corrected chi connectivity index (χ0v) is 9.59. The van der Waals surface area contributed by atoms with E-state index < -0.39 is 0 Å². The van der Waals surface area contributed by atoms with Crippen LogP contribution in [-0.4, -0.2) is 0 Å². The normalized spacial score (nSPS) is 8.75. The molecule has 0 saturated heterocycles. The predicted molar refractivity (Wildman–Crippen MR) is 59.0 cm³/mol. The lowest BCUT2D eigenvalue weighted by Gasteiger charge is -2.00. The summed E-state index contributed by atoms with van der Waals surface area (Å²) < 4.78 is 0. The van der Waals surface area contributed by atoms with Crippen LogP contribution in [0.5, 0.6) is 0 Å². The zero-order chi connectivity index (χ0) is 9.56. The Bertz CT molecular complexity index is 233. The molecule has 0 unspecified atom stereocenters. The molecule has 1 aromatic rings. The Morgan fingerprint density at radius 2 is 1.75 bits per heavy atom. The second kappa shape index (κ2) is 6.38. The molecule has 0 radical (unpaired) electrons. The number of benzene rings is 1. The molecule has 0 spiro atoms. The van der Waals surface area contributed by atoms with Crippen LogP contribution < -0.4 is 0 Å². The Hall–Kier alpha value is -0.140. The summed E-state index contributed by atoms with van der Waals surface area (Å²) in [6.07, 6.45) is 0. The third-order valence-corrected chi connectivity index (χ3v) is 2.53. The van der Waals surface area contributed by atoms with Crippen LogP contribution in [0.4, 0.5) is 0 Å². The molecule has 0 atom stereocenters. The predicted octanol–water partition coefficient (Wildman–Crippen LogP) is 4.58. The van der Waals surface area contributed by atoms with Gasteiger partial charge in [-0.15, -0.1) is 0 Å². The maximum Gasteiger partial charge on any atom is 0.0265 e. The monoisotopic (exact) mass is 202 g/mol. The maximum absolute atomic E-state index is 5.62. The van der Waals surface area contributed by atoms with Gasteiger partial charge in [-0.05, 0) is 52.7 Å². The Kier molecular flexibility index (Phi) is 6.31. The van der Waals surface area contributed by atoms with Crippen LogP contribution in [-0.2, 0) is 0 Å². The molecule has 0 amide bonds. The lowest BCUT2D eigenvalue weighted by atomic mass is 10.2. The van der Waals surface area contributed by atoms with Crippen LogP contribution in [0.25, 0.3) is 0 Å². The summed E-state index contributed by atoms with van der Waals surface area (Å²) >= 11 is 0. The Labute approximate surface area is 83.8 Å². The van der Waals surface area contributed by atoms with Gasteiger partial charge in [0.2, 0.25) is 0 Å². The van der Waals surface area contributed by atoms with Gasteiger partial charge in [-0.2, -0.15) is 0 Å². The van der Waals surface area contributed by atoms with Gasteiger partial charge in [0, 0.05) is 4.90 Å². The number of aryl methyl sites for hydroxylation is 2. The van der Waals surface area contributed by atoms with Crippen molar-refractivity contribution in [3.8, 4) is 0 Å². The molecule has 0 nitrogen and oxygen atoms in total. The molecule has 2 heteroatoms. The maximum atomic E-state index is 5.62. The standard InChI is InChI=1S/C8H9ClS.C2H6/c1-6-3-4-7(2)8(5-6)10-9;1-2/h3-5H,1-2H3;1-2H3. The number of rotatable bonds is 1. The molecular weight excluding hydrogens is 188 g/mol. The fourth-order valence-electron chi connectivity index (χ4n) is 0.790. The first-order valence-electron chi connectivity index (χ1n) is 4.10. The molecule has 0 N–H and O–H groups in total. The first-order valence-corrected chi connectivity index (χ1v) is 5.74. The van der Waals surface area contributed by atoms with Crippen molar-refractivity contribution in [2.75, 3.05) is 0 Å². The highest BCUT2D eigenvalue weighted by molar-refractivity contribution is 8.21. The molecule has 0 aliphatic carbocycles. The van der Waals surface area contributed by atoms with Gasteiger partial charge in [0.25, 0.3) is 0 Å². The minimum absolute atomic E-state index is 1.15. The number of hydrogen-bond acceptors (Lipinski definition) is 1. The molecule has 0 heterocycles. The highest BCUT2D eigenvalue weighted by Gasteiger charge is 1.95. The van der Waals surface area contributed by atoms with E-state index in [0.717, 1.165) is 4.90 Å². The van der Waals surface area contributed by atoms with Crippen LogP contribution in [0.3, 0.4) is 0 Å². The molecule has 1 rings (SSSR count). The average Bonchev–Trinajstić information content (AvgIpc) is 2.13. The summed E-state index contributed by atoms with van der Waals surface area (Å²) in [5, 5.41) is 0. The van der Waals surface area contributed by atoms with Gasteiger partial charge in [0.05, 0.1) is 0 Å². The van der Waals surface area contributed by atoms with E-state index in [4.69, 9.17) is 10.7 Å². The van der Waals surface area contributed by atoms with Crippen molar-refractivity contribution in [2.45, 2.75) is 32.6 Å². The number of hydrogen-bond donors (Lipinski definition) is 0. The van der Waals surface area contributed by atoms with Crippen molar-refractivity contribution in [3.63, 3.8) is 0 Å². The molecule has 0 aliphatic heterocycles. The smallest absolute Gasteiger partial charge is 0.0265 e. The molecule has 0 saturated carbocycles. The number of halogens is 1. The van der Waals surface area contributed by atoms with E-state index in [2.05, 4.69) is 32.0 Å². The largest absolute Gasteiger partial charge is 0.0683 e. The highest BCUT2D eigenvalue weighted by Crippen LogP contribution is 2.26. The van der Waals surface area contributed by atoms with E-state index in [9.17, 15) is 0 Å². The van der Waals surface area contributed by atoms with Gasteiger partial charge < -0.3 is 0 Å². The van der Waals surface area contributed by atoms with Gasteiger partial charge >= 0.3 is 0 Å². The van der Waals surface area contributed by atoms with E-state index >= 15 is 0 Å². The molecular formula is C10H15ClS. The quantitative estimate of drug-likeness (QED) is 0.643. The van der Waals surface area contributed by atoms with Crippen LogP contribution in [0, 0.1) is 13.8 Å². The Morgan fingerprint density at radius 3 is 2.17 bits per heavy atom. The molecule has 0 bridgehead atoms. The van der Waals surface area contributed by atoms with Crippen molar-refractivity contribution in [1.29, 1.82) is 0 Å². The summed E-state index contributed by atoms with van der Waals surface area (Å²) in [6.45, 7) is 8.13. The van der Waals surface area contributed by atoms with E-state index in [1.165, 1.54) is 22.1 Å². The van der Waals surface area contributed by atoms with Crippen LogP contribution in [0.15, 0.2) is 23.1 Å². The van der Waals surface area contributed by atoms with Crippen molar-refractivity contribution in [3.05, 3.63) is 29.3 Å². The van der Waals surface area contributed by atoms with E-state index in [0.29, 0.717) is 0 Å². The second-order valence-corrected chi connectivity index (χ2v) is 3.40.